The molecule has 110 valence electrons. The van der Waals surface area contributed by atoms with E-state index in [2.05, 4.69) is 5.32 Å². The molecule has 20 heavy (non-hydrogen) atoms. The number of hydrogen-bond donors (Lipinski definition) is 1. The van der Waals surface area contributed by atoms with E-state index in [1.807, 2.05) is 31.2 Å². The lowest BCUT2D eigenvalue weighted by atomic mass is 10.0. The van der Waals surface area contributed by atoms with Gasteiger partial charge in [-0.05, 0) is 56.1 Å². The molecule has 0 heterocycles. The Labute approximate surface area is 121 Å². The van der Waals surface area contributed by atoms with Crippen LogP contribution in [-0.2, 0) is 0 Å². The fourth-order valence-electron chi connectivity index (χ4n) is 3.00. The quantitative estimate of drug-likeness (QED) is 0.702. The van der Waals surface area contributed by atoms with Gasteiger partial charge in [0, 0.05) is 13.1 Å². The fraction of sp³-hybridized carbons (Fsp3) is 0.647. The summed E-state index contributed by atoms with van der Waals surface area (Å²) in [6.07, 6.45) is 5.78. The molecule has 2 saturated carbocycles. The summed E-state index contributed by atoms with van der Waals surface area (Å²) in [6, 6.07) is 7.89. The van der Waals surface area contributed by atoms with Crippen molar-refractivity contribution in [2.45, 2.75) is 32.6 Å². The normalized spacial score (nSPS) is 19.6. The monoisotopic (exact) mass is 275 g/mol. The molecule has 2 aliphatic carbocycles. The van der Waals surface area contributed by atoms with E-state index in [4.69, 9.17) is 9.47 Å². The lowest BCUT2D eigenvalue weighted by Gasteiger charge is -2.16. The summed E-state index contributed by atoms with van der Waals surface area (Å²) in [5.74, 6) is 2.71. The zero-order valence-electron chi connectivity index (χ0n) is 12.4. The number of nitrogens with one attached hydrogen (secondary N) is 1. The lowest BCUT2D eigenvalue weighted by Crippen LogP contribution is -2.29. The Hall–Kier alpha value is -1.22. The first-order chi connectivity index (χ1) is 9.84. The second-order valence-corrected chi connectivity index (χ2v) is 6.04. The molecule has 0 bridgehead atoms. The van der Waals surface area contributed by atoms with E-state index in [-0.39, 0.29) is 0 Å². The van der Waals surface area contributed by atoms with Crippen LogP contribution >= 0.6 is 0 Å². The van der Waals surface area contributed by atoms with Gasteiger partial charge in [0.1, 0.15) is 6.61 Å². The van der Waals surface area contributed by atoms with Crippen molar-refractivity contribution in [3.63, 3.8) is 0 Å². The average Bonchev–Trinajstić information content (AvgIpc) is 3.34. The first kappa shape index (κ1) is 13.7. The number of ether oxygens (including phenoxy) is 2. The molecule has 0 unspecified atom stereocenters. The summed E-state index contributed by atoms with van der Waals surface area (Å²) in [7, 11) is 0. The lowest BCUT2D eigenvalue weighted by molar-refractivity contribution is 0.271. The van der Waals surface area contributed by atoms with Crippen LogP contribution in [0.3, 0.4) is 0 Å². The van der Waals surface area contributed by atoms with Gasteiger partial charge in [-0.2, -0.15) is 0 Å². The largest absolute Gasteiger partial charge is 0.490 e. The Bertz CT molecular complexity index is 438. The van der Waals surface area contributed by atoms with Crippen molar-refractivity contribution in [2.75, 3.05) is 26.3 Å². The maximum atomic E-state index is 5.81. The zero-order chi connectivity index (χ0) is 13.8. The summed E-state index contributed by atoms with van der Waals surface area (Å²) in [5.41, 5.74) is 0.670. The minimum atomic E-state index is 0.669. The number of para-hydroxylation sites is 2. The van der Waals surface area contributed by atoms with Crippen LogP contribution in [0.15, 0.2) is 24.3 Å². The summed E-state index contributed by atoms with van der Waals surface area (Å²) >= 11 is 0. The van der Waals surface area contributed by atoms with Crippen LogP contribution in [0.25, 0.3) is 0 Å². The van der Waals surface area contributed by atoms with Gasteiger partial charge in [0.2, 0.25) is 0 Å². The van der Waals surface area contributed by atoms with E-state index >= 15 is 0 Å². The Morgan fingerprint density at radius 1 is 1.15 bits per heavy atom. The highest BCUT2D eigenvalue weighted by Crippen LogP contribution is 2.60. The van der Waals surface area contributed by atoms with Crippen LogP contribution < -0.4 is 14.8 Å². The van der Waals surface area contributed by atoms with Gasteiger partial charge in [-0.25, -0.2) is 0 Å². The minimum absolute atomic E-state index is 0.669. The molecular weight excluding hydrogens is 250 g/mol. The van der Waals surface area contributed by atoms with Crippen molar-refractivity contribution >= 4 is 0 Å². The van der Waals surface area contributed by atoms with E-state index in [0.717, 1.165) is 24.0 Å². The molecule has 3 heteroatoms. The first-order valence-corrected chi connectivity index (χ1v) is 7.89. The second kappa shape index (κ2) is 6.04. The standard InChI is InChI=1S/C17H25NO2/c1-2-19-15-5-3-4-6-16(15)20-12-11-18-13-17(9-10-17)14-7-8-14/h3-6,14,18H,2,7-13H2,1H3. The van der Waals surface area contributed by atoms with Crippen molar-refractivity contribution < 1.29 is 9.47 Å². The number of hydrogen-bond acceptors (Lipinski definition) is 3. The van der Waals surface area contributed by atoms with E-state index in [1.165, 1.54) is 32.2 Å². The van der Waals surface area contributed by atoms with Gasteiger partial charge in [-0.1, -0.05) is 12.1 Å². The molecule has 1 N–H and O–H groups in total. The van der Waals surface area contributed by atoms with Gasteiger partial charge in [0.15, 0.2) is 11.5 Å². The SMILES string of the molecule is CCOc1ccccc1OCCNCC1(C2CC2)CC1. The third-order valence-corrected chi connectivity index (χ3v) is 4.50. The summed E-state index contributed by atoms with van der Waals surface area (Å²) < 4.78 is 11.4. The van der Waals surface area contributed by atoms with Crippen molar-refractivity contribution in [3.05, 3.63) is 24.3 Å². The minimum Gasteiger partial charge on any atom is -0.490 e. The molecular formula is C17H25NO2. The fourth-order valence-corrected chi connectivity index (χ4v) is 3.00. The van der Waals surface area contributed by atoms with Gasteiger partial charge in [-0.3, -0.25) is 0 Å². The topological polar surface area (TPSA) is 30.5 Å². The molecule has 2 fully saturated rings. The highest BCUT2D eigenvalue weighted by Gasteiger charge is 2.53. The van der Waals surface area contributed by atoms with Crippen LogP contribution in [0.4, 0.5) is 0 Å². The van der Waals surface area contributed by atoms with Gasteiger partial charge in [0.05, 0.1) is 6.61 Å². The van der Waals surface area contributed by atoms with E-state index in [9.17, 15) is 0 Å². The molecule has 0 aliphatic heterocycles. The van der Waals surface area contributed by atoms with E-state index in [0.29, 0.717) is 18.6 Å². The molecule has 3 nitrogen and oxygen atoms in total. The molecule has 0 atom stereocenters. The van der Waals surface area contributed by atoms with Crippen LogP contribution in [-0.4, -0.2) is 26.3 Å². The molecule has 0 radical (unpaired) electrons. The summed E-state index contributed by atoms with van der Waals surface area (Å²) in [5, 5.41) is 3.57. The molecule has 0 spiro atoms. The molecule has 0 aromatic heterocycles. The maximum Gasteiger partial charge on any atom is 0.161 e. The molecule has 2 aliphatic rings. The predicted octanol–water partition coefficient (Wildman–Crippen LogP) is 3.24. The molecule has 0 saturated heterocycles. The number of rotatable bonds is 9. The Kier molecular flexibility index (Phi) is 4.16. The highest BCUT2D eigenvalue weighted by molar-refractivity contribution is 5.39. The van der Waals surface area contributed by atoms with Gasteiger partial charge >= 0.3 is 0 Å². The Balaban J connectivity index is 1.37. The van der Waals surface area contributed by atoms with E-state index in [1.54, 1.807) is 0 Å². The first-order valence-electron chi connectivity index (χ1n) is 7.89. The van der Waals surface area contributed by atoms with Gasteiger partial charge < -0.3 is 14.8 Å². The van der Waals surface area contributed by atoms with Crippen molar-refractivity contribution in [2.24, 2.45) is 11.3 Å². The third-order valence-electron chi connectivity index (χ3n) is 4.50. The Morgan fingerprint density at radius 2 is 1.85 bits per heavy atom. The second-order valence-electron chi connectivity index (χ2n) is 6.04. The van der Waals surface area contributed by atoms with Gasteiger partial charge in [-0.15, -0.1) is 0 Å². The number of benzene rings is 1. The zero-order valence-corrected chi connectivity index (χ0v) is 12.4. The Morgan fingerprint density at radius 3 is 2.45 bits per heavy atom. The van der Waals surface area contributed by atoms with Crippen molar-refractivity contribution in [1.29, 1.82) is 0 Å². The molecule has 3 rings (SSSR count). The average molecular weight is 275 g/mol. The molecule has 0 amide bonds. The van der Waals surface area contributed by atoms with E-state index < -0.39 is 0 Å². The summed E-state index contributed by atoms with van der Waals surface area (Å²) in [4.78, 5) is 0. The predicted molar refractivity (Wildman–Crippen MR) is 80.4 cm³/mol. The van der Waals surface area contributed by atoms with Crippen LogP contribution in [0.5, 0.6) is 11.5 Å². The smallest absolute Gasteiger partial charge is 0.161 e. The van der Waals surface area contributed by atoms with Crippen molar-refractivity contribution in [1.82, 2.24) is 5.32 Å². The molecule has 1 aromatic carbocycles. The van der Waals surface area contributed by atoms with Gasteiger partial charge in [0.25, 0.3) is 0 Å². The van der Waals surface area contributed by atoms with Crippen molar-refractivity contribution in [3.8, 4) is 11.5 Å². The highest BCUT2D eigenvalue weighted by atomic mass is 16.5. The van der Waals surface area contributed by atoms with Crippen LogP contribution in [0.2, 0.25) is 0 Å². The molecule has 1 aromatic rings. The van der Waals surface area contributed by atoms with Crippen LogP contribution in [0.1, 0.15) is 32.6 Å². The maximum absolute atomic E-state index is 5.81. The third kappa shape index (κ3) is 3.26. The van der Waals surface area contributed by atoms with Crippen LogP contribution in [0, 0.1) is 11.3 Å². The summed E-state index contributed by atoms with van der Waals surface area (Å²) in [6.45, 7) is 5.45.